The zero-order valence-electron chi connectivity index (χ0n) is 16.8. The van der Waals surface area contributed by atoms with Crippen molar-refractivity contribution in [1.82, 2.24) is 4.98 Å². The van der Waals surface area contributed by atoms with Crippen molar-refractivity contribution in [2.24, 2.45) is 4.99 Å². The molecule has 2 aliphatic rings. The average Bonchev–Trinajstić information content (AvgIpc) is 3.29. The highest BCUT2D eigenvalue weighted by atomic mass is 16.5. The van der Waals surface area contributed by atoms with Crippen LogP contribution >= 0.6 is 0 Å². The molecule has 4 heteroatoms. The summed E-state index contributed by atoms with van der Waals surface area (Å²) in [6.45, 7) is 4.47. The highest BCUT2D eigenvalue weighted by molar-refractivity contribution is 6.01. The fourth-order valence-electron chi connectivity index (χ4n) is 4.75. The van der Waals surface area contributed by atoms with Crippen molar-refractivity contribution in [2.75, 3.05) is 12.0 Å². The smallest absolute Gasteiger partial charge is 0.119 e. The van der Waals surface area contributed by atoms with Gasteiger partial charge >= 0.3 is 0 Å². The number of aromatic nitrogens is 1. The summed E-state index contributed by atoms with van der Waals surface area (Å²) in [6, 6.07) is 15.4. The first-order valence-corrected chi connectivity index (χ1v) is 10.2. The zero-order chi connectivity index (χ0) is 19.3. The number of benzene rings is 2. The molecule has 0 amide bonds. The highest BCUT2D eigenvalue weighted by Gasteiger charge is 2.36. The number of aliphatic imine (C=N–C) groups is 1. The molecule has 2 aliphatic heterocycles. The quantitative estimate of drug-likeness (QED) is 0.631. The van der Waals surface area contributed by atoms with Crippen molar-refractivity contribution in [2.45, 2.75) is 51.1 Å². The number of amidine groups is 1. The molecular formula is C24H27N3O. The number of aryl methyl sites for hydroxylation is 1. The van der Waals surface area contributed by atoms with Gasteiger partial charge in [-0.3, -0.25) is 4.99 Å². The van der Waals surface area contributed by atoms with E-state index in [9.17, 15) is 0 Å². The predicted octanol–water partition coefficient (Wildman–Crippen LogP) is 5.64. The minimum absolute atomic E-state index is 0.0180. The Bertz CT molecular complexity index is 1060. The van der Waals surface area contributed by atoms with Gasteiger partial charge in [0.05, 0.1) is 18.7 Å². The number of ether oxygens (including phenoxy) is 1. The first-order valence-electron chi connectivity index (χ1n) is 10.2. The number of para-hydroxylation sites is 1. The molecule has 1 unspecified atom stereocenters. The molecule has 3 aromatic rings. The molecule has 1 N–H and O–H groups in total. The van der Waals surface area contributed by atoms with Crippen LogP contribution in [0.25, 0.3) is 10.9 Å². The van der Waals surface area contributed by atoms with Gasteiger partial charge in [-0.05, 0) is 62.9 Å². The van der Waals surface area contributed by atoms with E-state index in [1.54, 1.807) is 7.11 Å². The Kier molecular flexibility index (Phi) is 3.97. The maximum absolute atomic E-state index is 5.48. The second-order valence-electron chi connectivity index (χ2n) is 8.55. The van der Waals surface area contributed by atoms with Crippen LogP contribution in [0.2, 0.25) is 0 Å². The molecule has 144 valence electrons. The Morgan fingerprint density at radius 2 is 2.00 bits per heavy atom. The average molecular weight is 374 g/mol. The Labute approximate surface area is 166 Å². The molecule has 5 rings (SSSR count). The van der Waals surface area contributed by atoms with Crippen LogP contribution in [-0.2, 0) is 6.42 Å². The molecule has 0 fully saturated rings. The Hall–Kier alpha value is -2.75. The van der Waals surface area contributed by atoms with E-state index in [4.69, 9.17) is 9.73 Å². The van der Waals surface area contributed by atoms with Crippen molar-refractivity contribution in [3.05, 3.63) is 59.8 Å². The molecule has 1 aromatic heterocycles. The SMILES string of the molecule is COc1ccc2c(c1)CCC(c1c[nH]c3ccccc13)N2C1=NC(C)(C)CC1. The van der Waals surface area contributed by atoms with Crippen LogP contribution in [-0.4, -0.2) is 23.5 Å². The summed E-state index contributed by atoms with van der Waals surface area (Å²) >= 11 is 0. The number of nitrogens with zero attached hydrogens (tertiary/aromatic N) is 2. The van der Waals surface area contributed by atoms with Crippen molar-refractivity contribution in [3.63, 3.8) is 0 Å². The van der Waals surface area contributed by atoms with Gasteiger partial charge in [0.1, 0.15) is 11.6 Å². The number of rotatable bonds is 2. The number of aromatic amines is 1. The van der Waals surface area contributed by atoms with E-state index in [1.165, 1.54) is 33.6 Å². The van der Waals surface area contributed by atoms with Gasteiger partial charge in [0.15, 0.2) is 0 Å². The first kappa shape index (κ1) is 17.4. The van der Waals surface area contributed by atoms with Crippen molar-refractivity contribution in [3.8, 4) is 5.75 Å². The second-order valence-corrected chi connectivity index (χ2v) is 8.55. The Morgan fingerprint density at radius 3 is 2.79 bits per heavy atom. The molecule has 3 heterocycles. The van der Waals surface area contributed by atoms with Crippen molar-refractivity contribution in [1.29, 1.82) is 0 Å². The normalized spacial score (nSPS) is 20.9. The number of nitrogens with one attached hydrogen (secondary N) is 1. The summed E-state index contributed by atoms with van der Waals surface area (Å²) in [7, 11) is 1.74. The first-order chi connectivity index (χ1) is 13.6. The number of H-pyrrole nitrogens is 1. The van der Waals surface area contributed by atoms with E-state index >= 15 is 0 Å². The molecule has 2 aromatic carbocycles. The predicted molar refractivity (Wildman–Crippen MR) is 116 cm³/mol. The lowest BCUT2D eigenvalue weighted by atomic mass is 9.90. The van der Waals surface area contributed by atoms with E-state index in [0.29, 0.717) is 6.04 Å². The van der Waals surface area contributed by atoms with Crippen LogP contribution in [0.5, 0.6) is 5.75 Å². The number of hydrogen-bond donors (Lipinski definition) is 1. The number of hydrogen-bond acceptors (Lipinski definition) is 3. The van der Waals surface area contributed by atoms with Crippen molar-refractivity contribution >= 4 is 22.4 Å². The Morgan fingerprint density at radius 1 is 1.14 bits per heavy atom. The zero-order valence-corrected chi connectivity index (χ0v) is 16.8. The molecule has 0 aliphatic carbocycles. The van der Waals surface area contributed by atoms with Crippen LogP contribution in [0.3, 0.4) is 0 Å². The number of fused-ring (bicyclic) bond motifs is 2. The lowest BCUT2D eigenvalue weighted by Crippen LogP contribution is -2.37. The fraction of sp³-hybridized carbons (Fsp3) is 0.375. The van der Waals surface area contributed by atoms with Gasteiger partial charge in [-0.15, -0.1) is 0 Å². The molecular weight excluding hydrogens is 346 g/mol. The summed E-state index contributed by atoms with van der Waals surface area (Å²) < 4.78 is 5.48. The van der Waals surface area contributed by atoms with E-state index in [-0.39, 0.29) is 5.54 Å². The van der Waals surface area contributed by atoms with Crippen LogP contribution in [0.1, 0.15) is 50.3 Å². The third kappa shape index (κ3) is 2.79. The molecule has 0 saturated carbocycles. The molecule has 0 spiro atoms. The van der Waals surface area contributed by atoms with Gasteiger partial charge < -0.3 is 14.6 Å². The number of methoxy groups -OCH3 is 1. The van der Waals surface area contributed by atoms with Crippen LogP contribution in [0.15, 0.2) is 53.7 Å². The summed E-state index contributed by atoms with van der Waals surface area (Å²) in [5.41, 5.74) is 5.21. The van der Waals surface area contributed by atoms with E-state index in [0.717, 1.165) is 31.4 Å². The van der Waals surface area contributed by atoms with E-state index in [1.807, 2.05) is 0 Å². The van der Waals surface area contributed by atoms with Crippen LogP contribution < -0.4 is 9.64 Å². The summed E-state index contributed by atoms with van der Waals surface area (Å²) in [5.74, 6) is 2.14. The van der Waals surface area contributed by atoms with Gasteiger partial charge in [-0.2, -0.15) is 0 Å². The monoisotopic (exact) mass is 373 g/mol. The minimum Gasteiger partial charge on any atom is -0.497 e. The maximum Gasteiger partial charge on any atom is 0.119 e. The minimum atomic E-state index is 0.0180. The molecule has 0 bridgehead atoms. The molecule has 0 saturated heterocycles. The molecule has 0 radical (unpaired) electrons. The number of anilines is 1. The third-order valence-corrected chi connectivity index (χ3v) is 6.20. The highest BCUT2D eigenvalue weighted by Crippen LogP contribution is 2.44. The van der Waals surface area contributed by atoms with Gasteiger partial charge in [0.2, 0.25) is 0 Å². The fourth-order valence-corrected chi connectivity index (χ4v) is 4.75. The van der Waals surface area contributed by atoms with Gasteiger partial charge in [-0.1, -0.05) is 18.2 Å². The maximum atomic E-state index is 5.48. The van der Waals surface area contributed by atoms with E-state index < -0.39 is 0 Å². The molecule has 28 heavy (non-hydrogen) atoms. The third-order valence-electron chi connectivity index (χ3n) is 6.20. The Balaban J connectivity index is 1.66. The largest absolute Gasteiger partial charge is 0.497 e. The lowest BCUT2D eigenvalue weighted by Gasteiger charge is -2.39. The summed E-state index contributed by atoms with van der Waals surface area (Å²) in [5, 5.41) is 1.31. The standard InChI is InChI=1S/C24H27N3O/c1-24(2)13-12-23(26-24)27-21-11-9-17(28-3)14-16(21)8-10-22(27)19-15-25-20-7-5-4-6-18(19)20/h4-7,9,11,14-15,22,25H,8,10,12-13H2,1-3H3. The van der Waals surface area contributed by atoms with Gasteiger partial charge in [0, 0.05) is 34.8 Å². The van der Waals surface area contributed by atoms with Gasteiger partial charge in [-0.25, -0.2) is 0 Å². The topological polar surface area (TPSA) is 40.6 Å². The van der Waals surface area contributed by atoms with Gasteiger partial charge in [0.25, 0.3) is 0 Å². The van der Waals surface area contributed by atoms with E-state index in [2.05, 4.69) is 72.4 Å². The lowest BCUT2D eigenvalue weighted by molar-refractivity contribution is 0.413. The molecule has 1 atom stereocenters. The second kappa shape index (κ2) is 6.40. The summed E-state index contributed by atoms with van der Waals surface area (Å²) in [4.78, 5) is 11.1. The van der Waals surface area contributed by atoms with Crippen LogP contribution in [0.4, 0.5) is 5.69 Å². The summed E-state index contributed by atoms with van der Waals surface area (Å²) in [6.07, 6.45) is 6.44. The van der Waals surface area contributed by atoms with Crippen LogP contribution in [0, 0.1) is 0 Å². The van der Waals surface area contributed by atoms with Crippen molar-refractivity contribution < 1.29 is 4.74 Å². The molecule has 4 nitrogen and oxygen atoms in total.